The van der Waals surface area contributed by atoms with Gasteiger partial charge in [0.2, 0.25) is 0 Å². The minimum atomic E-state index is 0.299. The van der Waals surface area contributed by atoms with Crippen molar-refractivity contribution in [2.45, 2.75) is 25.3 Å². The van der Waals surface area contributed by atoms with Crippen molar-refractivity contribution in [3.63, 3.8) is 0 Å². The molecule has 0 aromatic rings. The van der Waals surface area contributed by atoms with Gasteiger partial charge in [-0.25, -0.2) is 0 Å². The zero-order chi connectivity index (χ0) is 6.69. The summed E-state index contributed by atoms with van der Waals surface area (Å²) in [4.78, 5) is 0.931. The molecule has 1 unspecified atom stereocenters. The molecule has 52 valence electrons. The first-order valence-corrected chi connectivity index (χ1v) is 3.72. The standard InChI is InChI=1S/C6H12N2S/c7-5-2-1-3-8-6(9)4-5/h5H,1-4,7H2,(H,8,9). The Bertz CT molecular complexity index is 114. The molecule has 0 amide bonds. The topological polar surface area (TPSA) is 38.0 Å². The normalized spacial score (nSPS) is 29.0. The van der Waals surface area contributed by atoms with Crippen molar-refractivity contribution in [3.8, 4) is 0 Å². The van der Waals surface area contributed by atoms with Gasteiger partial charge in [0.15, 0.2) is 0 Å². The Labute approximate surface area is 60.8 Å². The van der Waals surface area contributed by atoms with Crippen LogP contribution < -0.4 is 11.1 Å². The van der Waals surface area contributed by atoms with E-state index >= 15 is 0 Å². The van der Waals surface area contributed by atoms with Crippen LogP contribution in [0.2, 0.25) is 0 Å². The minimum Gasteiger partial charge on any atom is -0.380 e. The second-order valence-electron chi connectivity index (χ2n) is 2.46. The molecule has 0 spiro atoms. The van der Waals surface area contributed by atoms with Crippen molar-refractivity contribution < 1.29 is 0 Å². The predicted molar refractivity (Wildman–Crippen MR) is 42.4 cm³/mol. The van der Waals surface area contributed by atoms with Gasteiger partial charge in [-0.2, -0.15) is 0 Å². The molecule has 1 saturated heterocycles. The van der Waals surface area contributed by atoms with Gasteiger partial charge >= 0.3 is 0 Å². The van der Waals surface area contributed by atoms with Crippen LogP contribution in [0.3, 0.4) is 0 Å². The third-order valence-corrected chi connectivity index (χ3v) is 1.83. The third kappa shape index (κ3) is 2.28. The van der Waals surface area contributed by atoms with Gasteiger partial charge in [0.05, 0.1) is 4.99 Å². The van der Waals surface area contributed by atoms with Crippen molar-refractivity contribution in [3.05, 3.63) is 0 Å². The molecule has 0 aromatic heterocycles. The first-order valence-electron chi connectivity index (χ1n) is 3.31. The lowest BCUT2D eigenvalue weighted by atomic mass is 10.1. The van der Waals surface area contributed by atoms with Crippen LogP contribution in [0.25, 0.3) is 0 Å². The summed E-state index contributed by atoms with van der Waals surface area (Å²) in [5.74, 6) is 0. The number of hydrogen-bond acceptors (Lipinski definition) is 2. The highest BCUT2D eigenvalue weighted by Gasteiger charge is 2.09. The summed E-state index contributed by atoms with van der Waals surface area (Å²) in [5, 5.41) is 3.13. The lowest BCUT2D eigenvalue weighted by Crippen LogP contribution is -2.25. The number of nitrogens with one attached hydrogen (secondary N) is 1. The van der Waals surface area contributed by atoms with Gasteiger partial charge in [0, 0.05) is 19.0 Å². The molecule has 2 nitrogen and oxygen atoms in total. The molecule has 0 aromatic carbocycles. The molecule has 3 heteroatoms. The van der Waals surface area contributed by atoms with Crippen LogP contribution in [-0.2, 0) is 0 Å². The first-order chi connectivity index (χ1) is 4.29. The smallest absolute Gasteiger partial charge is 0.0768 e. The second-order valence-corrected chi connectivity index (χ2v) is 2.95. The Morgan fingerprint density at radius 1 is 1.67 bits per heavy atom. The second kappa shape index (κ2) is 3.13. The maximum Gasteiger partial charge on any atom is 0.0768 e. The van der Waals surface area contributed by atoms with Crippen LogP contribution in [0.5, 0.6) is 0 Å². The van der Waals surface area contributed by atoms with E-state index in [1.807, 2.05) is 0 Å². The lowest BCUT2D eigenvalue weighted by molar-refractivity contribution is 0.624. The van der Waals surface area contributed by atoms with Crippen molar-refractivity contribution in [2.24, 2.45) is 5.73 Å². The Morgan fingerprint density at radius 2 is 2.44 bits per heavy atom. The van der Waals surface area contributed by atoms with Gasteiger partial charge in [0.25, 0.3) is 0 Å². The van der Waals surface area contributed by atoms with Crippen molar-refractivity contribution in [2.75, 3.05) is 6.54 Å². The van der Waals surface area contributed by atoms with Gasteiger partial charge < -0.3 is 11.1 Å². The van der Waals surface area contributed by atoms with E-state index in [1.165, 1.54) is 0 Å². The number of hydrogen-bond donors (Lipinski definition) is 2. The summed E-state index contributed by atoms with van der Waals surface area (Å²) in [5.41, 5.74) is 5.70. The Kier molecular flexibility index (Phi) is 2.42. The molecule has 1 heterocycles. The summed E-state index contributed by atoms with van der Waals surface area (Å²) < 4.78 is 0. The van der Waals surface area contributed by atoms with E-state index in [9.17, 15) is 0 Å². The van der Waals surface area contributed by atoms with Gasteiger partial charge in [0.1, 0.15) is 0 Å². The molecular weight excluding hydrogens is 132 g/mol. The van der Waals surface area contributed by atoms with Gasteiger partial charge in [-0.1, -0.05) is 12.2 Å². The van der Waals surface area contributed by atoms with Crippen LogP contribution in [-0.4, -0.2) is 17.6 Å². The Hall–Kier alpha value is -0.150. The van der Waals surface area contributed by atoms with Crippen LogP contribution in [0, 0.1) is 0 Å². The molecular formula is C6H12N2S. The SMILES string of the molecule is NC1CCCNC(=S)C1. The van der Waals surface area contributed by atoms with Crippen molar-refractivity contribution >= 4 is 17.2 Å². The monoisotopic (exact) mass is 144 g/mol. The quantitative estimate of drug-likeness (QED) is 0.484. The van der Waals surface area contributed by atoms with Gasteiger partial charge in [-0.3, -0.25) is 0 Å². The van der Waals surface area contributed by atoms with E-state index in [2.05, 4.69) is 5.32 Å². The van der Waals surface area contributed by atoms with Crippen LogP contribution in [0.1, 0.15) is 19.3 Å². The molecule has 9 heavy (non-hydrogen) atoms. The van der Waals surface area contributed by atoms with Crippen molar-refractivity contribution in [1.29, 1.82) is 0 Å². The predicted octanol–water partition coefficient (Wildman–Crippen LogP) is 0.415. The van der Waals surface area contributed by atoms with E-state index in [0.29, 0.717) is 6.04 Å². The molecule has 1 rings (SSSR count). The van der Waals surface area contributed by atoms with Crippen molar-refractivity contribution in [1.82, 2.24) is 5.32 Å². The van der Waals surface area contributed by atoms with Crippen LogP contribution in [0.15, 0.2) is 0 Å². The number of rotatable bonds is 0. The summed E-state index contributed by atoms with van der Waals surface area (Å²) in [6, 6.07) is 0.299. The molecule has 1 atom stereocenters. The summed E-state index contributed by atoms with van der Waals surface area (Å²) in [7, 11) is 0. The zero-order valence-corrected chi connectivity index (χ0v) is 6.21. The summed E-state index contributed by atoms with van der Waals surface area (Å²) in [6.45, 7) is 1.01. The Balaban J connectivity index is 2.37. The van der Waals surface area contributed by atoms with E-state index in [1.54, 1.807) is 0 Å². The third-order valence-electron chi connectivity index (χ3n) is 1.52. The molecule has 1 aliphatic heterocycles. The van der Waals surface area contributed by atoms with E-state index < -0.39 is 0 Å². The average molecular weight is 144 g/mol. The molecule has 3 N–H and O–H groups in total. The minimum absolute atomic E-state index is 0.299. The molecule has 0 aliphatic carbocycles. The molecule has 1 fully saturated rings. The molecule has 0 radical (unpaired) electrons. The van der Waals surface area contributed by atoms with Crippen LogP contribution in [0.4, 0.5) is 0 Å². The number of nitrogens with two attached hydrogens (primary N) is 1. The maximum atomic E-state index is 5.70. The highest BCUT2D eigenvalue weighted by Crippen LogP contribution is 2.03. The molecule has 0 bridgehead atoms. The number of thiocarbonyl (C=S) groups is 1. The zero-order valence-electron chi connectivity index (χ0n) is 5.39. The highest BCUT2D eigenvalue weighted by molar-refractivity contribution is 7.80. The van der Waals surface area contributed by atoms with E-state index in [-0.39, 0.29) is 0 Å². The largest absolute Gasteiger partial charge is 0.380 e. The fourth-order valence-electron chi connectivity index (χ4n) is 1.00. The fraction of sp³-hybridized carbons (Fsp3) is 0.833. The summed E-state index contributed by atoms with van der Waals surface area (Å²) >= 11 is 4.98. The van der Waals surface area contributed by atoms with Crippen LogP contribution >= 0.6 is 12.2 Å². The fourth-order valence-corrected chi connectivity index (χ4v) is 1.32. The van der Waals surface area contributed by atoms with E-state index in [0.717, 1.165) is 30.8 Å². The molecule has 1 aliphatic rings. The summed E-state index contributed by atoms with van der Waals surface area (Å²) in [6.07, 6.45) is 3.13. The lowest BCUT2D eigenvalue weighted by Gasteiger charge is -2.04. The van der Waals surface area contributed by atoms with Gasteiger partial charge in [-0.05, 0) is 12.8 Å². The highest BCUT2D eigenvalue weighted by atomic mass is 32.1. The average Bonchev–Trinajstić information content (AvgIpc) is 1.93. The first kappa shape index (κ1) is 6.96. The van der Waals surface area contributed by atoms with E-state index in [4.69, 9.17) is 18.0 Å². The maximum absolute atomic E-state index is 5.70. The molecule has 0 saturated carbocycles. The Morgan fingerprint density at radius 3 is 3.22 bits per heavy atom. The van der Waals surface area contributed by atoms with Gasteiger partial charge in [-0.15, -0.1) is 0 Å².